The first-order valence-corrected chi connectivity index (χ1v) is 8.36. The van der Waals surface area contributed by atoms with Gasteiger partial charge >= 0.3 is 0 Å². The second-order valence-corrected chi connectivity index (χ2v) is 6.67. The van der Waals surface area contributed by atoms with Crippen molar-refractivity contribution < 1.29 is 4.74 Å². The maximum absolute atomic E-state index is 5.53. The Kier molecular flexibility index (Phi) is 5.44. The molecule has 0 saturated heterocycles. The Morgan fingerprint density at radius 3 is 2.52 bits per heavy atom. The van der Waals surface area contributed by atoms with Gasteiger partial charge in [-0.1, -0.05) is 13.8 Å². The summed E-state index contributed by atoms with van der Waals surface area (Å²) >= 11 is 0. The topological polar surface area (TPSA) is 39.1 Å². The highest BCUT2D eigenvalue weighted by molar-refractivity contribution is 5.27. The normalized spacial score (nSPS) is 15.7. The molecule has 0 radical (unpaired) electrons. The number of hydrogen-bond acceptors (Lipinski definition) is 3. The highest BCUT2D eigenvalue weighted by Crippen LogP contribution is 2.23. The largest absolute Gasteiger partial charge is 0.379 e. The third kappa shape index (κ3) is 4.30. The number of aromatic nitrogens is 2. The van der Waals surface area contributed by atoms with Crippen molar-refractivity contribution in [2.24, 2.45) is 0 Å². The molecule has 4 nitrogen and oxygen atoms in total. The van der Waals surface area contributed by atoms with Crippen molar-refractivity contribution in [2.75, 3.05) is 7.11 Å². The summed E-state index contributed by atoms with van der Waals surface area (Å²) in [5.41, 5.74) is 4.00. The van der Waals surface area contributed by atoms with Crippen LogP contribution in [0.1, 0.15) is 63.9 Å². The van der Waals surface area contributed by atoms with E-state index in [-0.39, 0.29) is 5.60 Å². The third-order valence-electron chi connectivity index (χ3n) is 4.54. The summed E-state index contributed by atoms with van der Waals surface area (Å²) in [5, 5.41) is 8.50. The number of nitrogens with one attached hydrogen (secondary N) is 1. The average molecular weight is 293 g/mol. The van der Waals surface area contributed by atoms with Gasteiger partial charge in [0.15, 0.2) is 0 Å². The van der Waals surface area contributed by atoms with Crippen LogP contribution in [0.15, 0.2) is 0 Å². The quantitative estimate of drug-likeness (QED) is 0.760. The fourth-order valence-electron chi connectivity index (χ4n) is 2.67. The molecule has 1 aromatic heterocycles. The zero-order valence-electron chi connectivity index (χ0n) is 14.3. The van der Waals surface area contributed by atoms with Gasteiger partial charge in [0.2, 0.25) is 0 Å². The SMILES string of the molecule is CCc1nn(CCC(C)(C)OC)c(CC)c1CNC1CC1. The lowest BCUT2D eigenvalue weighted by Crippen LogP contribution is -2.25. The van der Waals surface area contributed by atoms with Crippen molar-refractivity contribution in [1.82, 2.24) is 15.1 Å². The molecule has 0 unspecified atom stereocenters. The molecule has 1 aliphatic rings. The predicted molar refractivity (Wildman–Crippen MR) is 86.5 cm³/mol. The summed E-state index contributed by atoms with van der Waals surface area (Å²) in [4.78, 5) is 0. The van der Waals surface area contributed by atoms with Crippen LogP contribution < -0.4 is 5.32 Å². The highest BCUT2D eigenvalue weighted by Gasteiger charge is 2.23. The van der Waals surface area contributed by atoms with E-state index < -0.39 is 0 Å². The molecular formula is C17H31N3O. The van der Waals surface area contributed by atoms with E-state index in [2.05, 4.69) is 37.7 Å². The van der Waals surface area contributed by atoms with Gasteiger partial charge in [0, 0.05) is 37.5 Å². The first-order chi connectivity index (χ1) is 10.0. The molecule has 0 atom stereocenters. The van der Waals surface area contributed by atoms with Crippen molar-refractivity contribution in [3.8, 4) is 0 Å². The maximum Gasteiger partial charge on any atom is 0.0669 e. The average Bonchev–Trinajstić information content (AvgIpc) is 3.23. The van der Waals surface area contributed by atoms with Crippen LogP contribution in [-0.2, 0) is 30.7 Å². The number of methoxy groups -OCH3 is 1. The molecule has 1 heterocycles. The molecule has 120 valence electrons. The van der Waals surface area contributed by atoms with Crippen LogP contribution >= 0.6 is 0 Å². The van der Waals surface area contributed by atoms with Gasteiger partial charge in [0.1, 0.15) is 0 Å². The Bertz CT molecular complexity index is 461. The molecule has 1 aromatic rings. The van der Waals surface area contributed by atoms with E-state index in [0.717, 1.165) is 38.4 Å². The van der Waals surface area contributed by atoms with Crippen LogP contribution in [-0.4, -0.2) is 28.5 Å². The Balaban J connectivity index is 2.11. The number of ether oxygens (including phenoxy) is 1. The van der Waals surface area contributed by atoms with Gasteiger partial charge in [-0.25, -0.2) is 0 Å². The minimum Gasteiger partial charge on any atom is -0.379 e. The van der Waals surface area contributed by atoms with Gasteiger partial charge in [0.05, 0.1) is 11.3 Å². The molecule has 0 amide bonds. The van der Waals surface area contributed by atoms with E-state index in [0.29, 0.717) is 0 Å². The van der Waals surface area contributed by atoms with E-state index in [9.17, 15) is 0 Å². The lowest BCUT2D eigenvalue weighted by atomic mass is 10.1. The predicted octanol–water partition coefficient (Wildman–Crippen LogP) is 3.08. The molecule has 1 fully saturated rings. The van der Waals surface area contributed by atoms with Gasteiger partial charge in [-0.05, 0) is 46.0 Å². The summed E-state index contributed by atoms with van der Waals surface area (Å²) in [6.07, 6.45) is 5.70. The Labute approximate surface area is 129 Å². The smallest absolute Gasteiger partial charge is 0.0669 e. The minimum atomic E-state index is -0.0875. The van der Waals surface area contributed by atoms with Crippen molar-refractivity contribution in [3.63, 3.8) is 0 Å². The molecule has 1 saturated carbocycles. The van der Waals surface area contributed by atoms with E-state index in [1.807, 2.05) is 0 Å². The first kappa shape index (κ1) is 16.5. The van der Waals surface area contributed by atoms with Crippen LogP contribution in [0, 0.1) is 0 Å². The highest BCUT2D eigenvalue weighted by atomic mass is 16.5. The van der Waals surface area contributed by atoms with Crippen LogP contribution in [0.2, 0.25) is 0 Å². The van der Waals surface area contributed by atoms with Gasteiger partial charge in [-0.2, -0.15) is 5.10 Å². The summed E-state index contributed by atoms with van der Waals surface area (Å²) in [6.45, 7) is 10.6. The monoisotopic (exact) mass is 293 g/mol. The van der Waals surface area contributed by atoms with E-state index in [4.69, 9.17) is 9.84 Å². The third-order valence-corrected chi connectivity index (χ3v) is 4.54. The van der Waals surface area contributed by atoms with Gasteiger partial charge < -0.3 is 10.1 Å². The van der Waals surface area contributed by atoms with E-state index in [1.54, 1.807) is 7.11 Å². The van der Waals surface area contributed by atoms with Crippen LogP contribution in [0.3, 0.4) is 0 Å². The molecule has 1 N–H and O–H groups in total. The molecule has 0 bridgehead atoms. The number of rotatable bonds is 9. The van der Waals surface area contributed by atoms with Gasteiger partial charge in [-0.3, -0.25) is 4.68 Å². The molecule has 0 aromatic carbocycles. The number of nitrogens with zero attached hydrogens (tertiary/aromatic N) is 2. The van der Waals surface area contributed by atoms with Crippen LogP contribution in [0.25, 0.3) is 0 Å². The fraction of sp³-hybridized carbons (Fsp3) is 0.824. The maximum atomic E-state index is 5.53. The van der Waals surface area contributed by atoms with Gasteiger partial charge in [0.25, 0.3) is 0 Å². The molecule has 0 aliphatic heterocycles. The fourth-order valence-corrected chi connectivity index (χ4v) is 2.67. The second-order valence-electron chi connectivity index (χ2n) is 6.67. The van der Waals surface area contributed by atoms with Crippen molar-refractivity contribution in [3.05, 3.63) is 17.0 Å². The second kappa shape index (κ2) is 6.93. The van der Waals surface area contributed by atoms with E-state index in [1.165, 1.54) is 29.8 Å². The van der Waals surface area contributed by atoms with Crippen LogP contribution in [0.4, 0.5) is 0 Å². The standard InChI is InChI=1S/C17H31N3O/c1-6-15-14(12-18-13-8-9-13)16(7-2)20(19-15)11-10-17(3,4)21-5/h13,18H,6-12H2,1-5H3. The summed E-state index contributed by atoms with van der Waals surface area (Å²) in [6, 6.07) is 0.746. The molecule has 1 aliphatic carbocycles. The molecular weight excluding hydrogens is 262 g/mol. The zero-order valence-corrected chi connectivity index (χ0v) is 14.3. The lowest BCUT2D eigenvalue weighted by molar-refractivity contribution is 0.0111. The van der Waals surface area contributed by atoms with Crippen molar-refractivity contribution >= 4 is 0 Å². The summed E-state index contributed by atoms with van der Waals surface area (Å²) < 4.78 is 7.74. The molecule has 4 heteroatoms. The Morgan fingerprint density at radius 2 is 2.00 bits per heavy atom. The molecule has 2 rings (SSSR count). The van der Waals surface area contributed by atoms with Crippen LogP contribution in [0.5, 0.6) is 0 Å². The number of hydrogen-bond donors (Lipinski definition) is 1. The van der Waals surface area contributed by atoms with Crippen molar-refractivity contribution in [2.45, 2.75) is 84.5 Å². The summed E-state index contributed by atoms with van der Waals surface area (Å²) in [5.74, 6) is 0. The number of aryl methyl sites for hydroxylation is 2. The lowest BCUT2D eigenvalue weighted by Gasteiger charge is -2.23. The molecule has 21 heavy (non-hydrogen) atoms. The zero-order chi connectivity index (χ0) is 15.5. The Hall–Kier alpha value is -0.870. The Morgan fingerprint density at radius 1 is 1.29 bits per heavy atom. The summed E-state index contributed by atoms with van der Waals surface area (Å²) in [7, 11) is 1.78. The molecule has 0 spiro atoms. The van der Waals surface area contributed by atoms with E-state index >= 15 is 0 Å². The first-order valence-electron chi connectivity index (χ1n) is 8.36. The minimum absolute atomic E-state index is 0.0875. The van der Waals surface area contributed by atoms with Gasteiger partial charge in [-0.15, -0.1) is 0 Å². The van der Waals surface area contributed by atoms with Crippen molar-refractivity contribution in [1.29, 1.82) is 0 Å².